The Labute approximate surface area is 142 Å². The van der Waals surface area contributed by atoms with Crippen LogP contribution in [0.4, 0.5) is 17.1 Å². The van der Waals surface area contributed by atoms with Crippen molar-refractivity contribution in [2.24, 2.45) is 26.4 Å². The van der Waals surface area contributed by atoms with Gasteiger partial charge in [-0.25, -0.2) is 0 Å². The molecule has 0 aliphatic rings. The first-order chi connectivity index (χ1) is 12.0. The molecule has 126 valence electrons. The highest BCUT2D eigenvalue weighted by Crippen LogP contribution is 2.39. The molecule has 0 atom stereocenters. The topological polar surface area (TPSA) is 143 Å². The van der Waals surface area contributed by atoms with Crippen LogP contribution < -0.4 is 5.84 Å². The van der Waals surface area contributed by atoms with Gasteiger partial charge in [0.2, 0.25) is 0 Å². The molecule has 0 aliphatic carbocycles. The number of benzene rings is 2. The highest BCUT2D eigenvalue weighted by atomic mass is 32.2. The second-order valence-corrected chi connectivity index (χ2v) is 6.26. The summed E-state index contributed by atoms with van der Waals surface area (Å²) in [5, 5.41) is 15.4. The summed E-state index contributed by atoms with van der Waals surface area (Å²) in [6.07, 6.45) is 1.39. The fourth-order valence-corrected chi connectivity index (χ4v) is 2.90. The van der Waals surface area contributed by atoms with Crippen molar-refractivity contribution < 1.29 is 13.0 Å². The van der Waals surface area contributed by atoms with E-state index in [1.54, 1.807) is 36.4 Å². The van der Waals surface area contributed by atoms with Gasteiger partial charge in [-0.3, -0.25) is 9.54 Å². The van der Waals surface area contributed by atoms with Crippen LogP contribution in [0.5, 0.6) is 0 Å². The van der Waals surface area contributed by atoms with Gasteiger partial charge in [-0.1, -0.05) is 23.4 Å². The largest absolute Gasteiger partial charge is 0.305 e. The first-order valence-corrected chi connectivity index (χ1v) is 8.41. The van der Waals surface area contributed by atoms with Crippen LogP contribution in [0.15, 0.2) is 80.2 Å². The summed E-state index contributed by atoms with van der Waals surface area (Å²) >= 11 is 0. The lowest BCUT2D eigenvalue weighted by Gasteiger charge is -2.07. The minimum absolute atomic E-state index is 0.0334. The molecule has 10 heteroatoms. The van der Waals surface area contributed by atoms with Crippen molar-refractivity contribution in [3.8, 4) is 0 Å². The number of rotatable bonds is 4. The fourth-order valence-electron chi connectivity index (χ4n) is 2.23. The molecule has 0 spiro atoms. The first-order valence-electron chi connectivity index (χ1n) is 6.97. The molecular weight excluding hydrogens is 344 g/mol. The molecular formula is C15H12N6O3S. The van der Waals surface area contributed by atoms with Crippen molar-refractivity contribution in [1.82, 2.24) is 4.98 Å². The normalized spacial score (nSPS) is 12.4. The summed E-state index contributed by atoms with van der Waals surface area (Å²) in [4.78, 5) is 3.59. The molecule has 1 heterocycles. The molecule has 0 saturated heterocycles. The Hall–Kier alpha value is -3.24. The monoisotopic (exact) mass is 356 g/mol. The van der Waals surface area contributed by atoms with Crippen LogP contribution in [0, 0.1) is 0 Å². The maximum Gasteiger partial charge on any atom is 0.296 e. The van der Waals surface area contributed by atoms with Crippen LogP contribution >= 0.6 is 0 Å². The van der Waals surface area contributed by atoms with Gasteiger partial charge in [0.15, 0.2) is 0 Å². The summed E-state index contributed by atoms with van der Waals surface area (Å²) in [6, 6.07) is 13.1. The van der Waals surface area contributed by atoms with Crippen molar-refractivity contribution in [3.63, 3.8) is 0 Å². The molecule has 3 rings (SSSR count). The second-order valence-electron chi connectivity index (χ2n) is 4.87. The van der Waals surface area contributed by atoms with Gasteiger partial charge in [-0.2, -0.15) is 13.5 Å². The lowest BCUT2D eigenvalue weighted by atomic mass is 10.1. The van der Waals surface area contributed by atoms with Crippen LogP contribution in [0.1, 0.15) is 0 Å². The van der Waals surface area contributed by atoms with Crippen LogP contribution in [0.25, 0.3) is 10.9 Å². The summed E-state index contributed by atoms with van der Waals surface area (Å²) < 4.78 is 32.9. The summed E-state index contributed by atoms with van der Waals surface area (Å²) in [5.41, 5.74) is 0.854. The lowest BCUT2D eigenvalue weighted by Crippen LogP contribution is -2.00. The van der Waals surface area contributed by atoms with E-state index in [0.29, 0.717) is 11.1 Å². The number of nitrogens with zero attached hydrogens (tertiary/aromatic N) is 5. The Morgan fingerprint density at radius 3 is 2.44 bits per heavy atom. The van der Waals surface area contributed by atoms with E-state index < -0.39 is 15.0 Å². The average Bonchev–Trinajstić information content (AvgIpc) is 2.61. The van der Waals surface area contributed by atoms with E-state index in [2.05, 4.69) is 25.5 Å². The van der Waals surface area contributed by atoms with Crippen molar-refractivity contribution in [2.45, 2.75) is 4.90 Å². The number of azo groups is 1. The number of nitrogens with two attached hydrogens (primary N) is 1. The first kappa shape index (κ1) is 16.6. The zero-order chi connectivity index (χ0) is 17.9. The van der Waals surface area contributed by atoms with E-state index in [9.17, 15) is 13.0 Å². The Morgan fingerprint density at radius 1 is 1.00 bits per heavy atom. The molecule has 0 saturated carbocycles. The van der Waals surface area contributed by atoms with Gasteiger partial charge in [-0.15, -0.1) is 10.2 Å². The molecule has 0 radical (unpaired) electrons. The molecule has 0 fully saturated rings. The summed E-state index contributed by atoms with van der Waals surface area (Å²) in [5.74, 6) is 5.15. The highest BCUT2D eigenvalue weighted by molar-refractivity contribution is 7.86. The number of hydrogen-bond donors (Lipinski definition) is 2. The van der Waals surface area contributed by atoms with Gasteiger partial charge in [0.25, 0.3) is 10.1 Å². The van der Waals surface area contributed by atoms with Crippen LogP contribution in [0.3, 0.4) is 0 Å². The van der Waals surface area contributed by atoms with Gasteiger partial charge in [-0.05, 0) is 30.3 Å². The molecule has 2 aromatic carbocycles. The number of fused-ring (bicyclic) bond motifs is 1. The molecule has 3 aromatic rings. The molecule has 0 unspecified atom stereocenters. The van der Waals surface area contributed by atoms with Gasteiger partial charge >= 0.3 is 0 Å². The number of aromatic nitrogens is 1. The van der Waals surface area contributed by atoms with E-state index in [1.165, 1.54) is 6.20 Å². The molecule has 1 aromatic heterocycles. The van der Waals surface area contributed by atoms with E-state index >= 15 is 0 Å². The predicted octanol–water partition coefficient (Wildman–Crippen LogP) is 3.85. The molecule has 0 bridgehead atoms. The van der Waals surface area contributed by atoms with Crippen molar-refractivity contribution in [2.75, 3.05) is 0 Å². The van der Waals surface area contributed by atoms with Crippen molar-refractivity contribution in [1.29, 1.82) is 0 Å². The van der Waals surface area contributed by atoms with Gasteiger partial charge in [0, 0.05) is 11.6 Å². The number of hydrogen-bond acceptors (Lipinski definition) is 7. The molecule has 3 N–H and O–H groups in total. The van der Waals surface area contributed by atoms with Crippen LogP contribution in [0.2, 0.25) is 0 Å². The quantitative estimate of drug-likeness (QED) is 0.316. The van der Waals surface area contributed by atoms with E-state index in [-0.39, 0.29) is 16.9 Å². The van der Waals surface area contributed by atoms with Gasteiger partial charge in [0.1, 0.15) is 16.3 Å². The second kappa shape index (κ2) is 6.71. The molecule has 0 aliphatic heterocycles. The van der Waals surface area contributed by atoms with Crippen molar-refractivity contribution in [3.05, 3.63) is 54.7 Å². The summed E-state index contributed by atoms with van der Waals surface area (Å²) in [7, 11) is -4.53. The van der Waals surface area contributed by atoms with Crippen LogP contribution in [-0.4, -0.2) is 18.0 Å². The molecule has 0 amide bonds. The fraction of sp³-hybridized carbons (Fsp3) is 0. The van der Waals surface area contributed by atoms with E-state index in [4.69, 9.17) is 5.84 Å². The number of pyridine rings is 1. The Kier molecular flexibility index (Phi) is 4.46. The zero-order valence-corrected chi connectivity index (χ0v) is 13.5. The van der Waals surface area contributed by atoms with Gasteiger partial charge < -0.3 is 5.84 Å². The zero-order valence-electron chi connectivity index (χ0n) is 12.7. The molecule has 9 nitrogen and oxygen atoms in total. The third-order valence-corrected chi connectivity index (χ3v) is 4.14. The SMILES string of the molecule is NN=Nc1c(N=Nc2ccccc2)cc(S(=O)(=O)O)c2ncccc12. The maximum atomic E-state index is 11.7. The van der Waals surface area contributed by atoms with Crippen LogP contribution in [-0.2, 0) is 10.1 Å². The average molecular weight is 356 g/mol. The Balaban J connectivity index is 2.30. The predicted molar refractivity (Wildman–Crippen MR) is 90.9 cm³/mol. The Morgan fingerprint density at radius 2 is 1.76 bits per heavy atom. The lowest BCUT2D eigenvalue weighted by molar-refractivity contribution is 0.484. The minimum atomic E-state index is -4.53. The van der Waals surface area contributed by atoms with E-state index in [0.717, 1.165) is 6.07 Å². The third-order valence-electron chi connectivity index (χ3n) is 3.27. The van der Waals surface area contributed by atoms with Crippen molar-refractivity contribution >= 4 is 38.1 Å². The highest BCUT2D eigenvalue weighted by Gasteiger charge is 2.21. The van der Waals surface area contributed by atoms with Gasteiger partial charge in [0.05, 0.1) is 11.2 Å². The molecule has 25 heavy (non-hydrogen) atoms. The maximum absolute atomic E-state index is 11.7. The standard InChI is InChI=1S/C15H12N6O3S/c16-21-20-14-11-7-4-8-17-15(11)13(25(22,23)24)9-12(14)19-18-10-5-2-1-3-6-10/h1-9H,(H2,16,20)(H,22,23,24). The third kappa shape index (κ3) is 3.49. The smallest absolute Gasteiger partial charge is 0.296 e. The Bertz CT molecular complexity index is 1080. The minimum Gasteiger partial charge on any atom is -0.305 e. The van der Waals surface area contributed by atoms with E-state index in [1.807, 2.05) is 6.07 Å². The summed E-state index contributed by atoms with van der Waals surface area (Å²) in [6.45, 7) is 0.